The summed E-state index contributed by atoms with van der Waals surface area (Å²) in [6.07, 6.45) is 1.57. The fourth-order valence-electron chi connectivity index (χ4n) is 2.10. The molecule has 0 atom stereocenters. The second kappa shape index (κ2) is 7.37. The highest BCUT2D eigenvalue weighted by atomic mass is 16.5. The molecule has 1 aromatic heterocycles. The lowest BCUT2D eigenvalue weighted by atomic mass is 10.2. The van der Waals surface area contributed by atoms with Crippen LogP contribution in [0.4, 0.5) is 10.5 Å². The normalized spacial score (nSPS) is 10.2. The largest absolute Gasteiger partial charge is 0.467 e. The van der Waals surface area contributed by atoms with E-state index in [0.717, 1.165) is 5.75 Å². The predicted octanol–water partition coefficient (Wildman–Crippen LogP) is 4.70. The molecule has 0 spiro atoms. The molecule has 1 heterocycles. The Bertz CT molecular complexity index is 778. The molecule has 24 heavy (non-hydrogen) atoms. The number of rotatable bonds is 5. The van der Waals surface area contributed by atoms with Gasteiger partial charge in [-0.15, -0.1) is 0 Å². The zero-order valence-corrected chi connectivity index (χ0v) is 13.3. The summed E-state index contributed by atoms with van der Waals surface area (Å²) in [5.41, 5.74) is 1.87. The number of hydrogen-bond acceptors (Lipinski definition) is 3. The number of nitrogens with one attached hydrogen (secondary N) is 2. The van der Waals surface area contributed by atoms with Gasteiger partial charge in [-0.2, -0.15) is 0 Å². The van der Waals surface area contributed by atoms with Gasteiger partial charge in [-0.1, -0.05) is 17.7 Å². The highest BCUT2D eigenvalue weighted by molar-refractivity contribution is 5.89. The van der Waals surface area contributed by atoms with Crippen molar-refractivity contribution in [3.63, 3.8) is 0 Å². The number of ether oxygens (including phenoxy) is 1. The van der Waals surface area contributed by atoms with Gasteiger partial charge in [-0.3, -0.25) is 0 Å². The molecule has 3 rings (SSSR count). The minimum Gasteiger partial charge on any atom is -0.467 e. The topological polar surface area (TPSA) is 63.5 Å². The zero-order chi connectivity index (χ0) is 16.8. The molecule has 2 amide bonds. The fourth-order valence-corrected chi connectivity index (χ4v) is 2.10. The number of amides is 2. The maximum absolute atomic E-state index is 11.8. The number of urea groups is 1. The molecule has 0 saturated carbocycles. The second-order valence-corrected chi connectivity index (χ2v) is 5.33. The number of aryl methyl sites for hydroxylation is 1. The van der Waals surface area contributed by atoms with Crippen LogP contribution in [0.25, 0.3) is 0 Å². The van der Waals surface area contributed by atoms with Crippen molar-refractivity contribution in [2.75, 3.05) is 5.32 Å². The molecule has 5 nitrogen and oxygen atoms in total. The van der Waals surface area contributed by atoms with Crippen molar-refractivity contribution >= 4 is 11.7 Å². The summed E-state index contributed by atoms with van der Waals surface area (Å²) in [6.45, 7) is 2.37. The van der Waals surface area contributed by atoms with Gasteiger partial charge in [0.2, 0.25) is 0 Å². The minimum atomic E-state index is -0.293. The summed E-state index contributed by atoms with van der Waals surface area (Å²) >= 11 is 0. The van der Waals surface area contributed by atoms with Crippen molar-refractivity contribution in [2.45, 2.75) is 13.5 Å². The van der Waals surface area contributed by atoms with E-state index in [1.165, 1.54) is 5.56 Å². The molecule has 0 aliphatic rings. The first-order valence-corrected chi connectivity index (χ1v) is 7.61. The first kappa shape index (κ1) is 15.7. The van der Waals surface area contributed by atoms with Gasteiger partial charge in [0.25, 0.3) is 0 Å². The van der Waals surface area contributed by atoms with Crippen molar-refractivity contribution in [3.05, 3.63) is 78.3 Å². The molecule has 5 heteroatoms. The van der Waals surface area contributed by atoms with Crippen molar-refractivity contribution in [1.29, 1.82) is 0 Å². The monoisotopic (exact) mass is 322 g/mol. The maximum atomic E-state index is 11.8. The van der Waals surface area contributed by atoms with Crippen LogP contribution in [0.15, 0.2) is 71.3 Å². The predicted molar refractivity (Wildman–Crippen MR) is 92.3 cm³/mol. The number of benzene rings is 2. The maximum Gasteiger partial charge on any atom is 0.319 e. The third kappa shape index (κ3) is 4.39. The average Bonchev–Trinajstić information content (AvgIpc) is 3.10. The molecule has 0 saturated heterocycles. The van der Waals surface area contributed by atoms with Crippen LogP contribution in [0.5, 0.6) is 11.5 Å². The number of anilines is 1. The summed E-state index contributed by atoms with van der Waals surface area (Å²) in [7, 11) is 0. The number of carbonyl (C=O) groups is 1. The van der Waals surface area contributed by atoms with Gasteiger partial charge in [0.15, 0.2) is 0 Å². The lowest BCUT2D eigenvalue weighted by molar-refractivity contribution is 0.251. The lowest BCUT2D eigenvalue weighted by Crippen LogP contribution is -2.27. The van der Waals surface area contributed by atoms with Crippen LogP contribution >= 0.6 is 0 Å². The molecule has 0 radical (unpaired) electrons. The van der Waals surface area contributed by atoms with Crippen LogP contribution in [-0.4, -0.2) is 6.03 Å². The molecule has 122 valence electrons. The quantitative estimate of drug-likeness (QED) is 0.715. The van der Waals surface area contributed by atoms with Gasteiger partial charge in [-0.25, -0.2) is 4.79 Å². The Morgan fingerprint density at radius 3 is 2.29 bits per heavy atom. The van der Waals surface area contributed by atoms with Crippen molar-refractivity contribution in [3.8, 4) is 11.5 Å². The van der Waals surface area contributed by atoms with E-state index in [4.69, 9.17) is 9.15 Å². The standard InChI is InChI=1S/C19H18N2O3/c1-14-4-8-16(9-5-14)24-17-10-6-15(7-11-17)21-19(22)20-13-18-3-2-12-23-18/h2-12H,13H2,1H3,(H2,20,21,22). The molecular formula is C19H18N2O3. The van der Waals surface area contributed by atoms with Gasteiger partial charge in [0, 0.05) is 5.69 Å². The molecule has 0 unspecified atom stereocenters. The summed E-state index contributed by atoms with van der Waals surface area (Å²) in [5, 5.41) is 5.47. The molecule has 0 bridgehead atoms. The van der Waals surface area contributed by atoms with Crippen LogP contribution in [0, 0.1) is 6.92 Å². The number of carbonyl (C=O) groups excluding carboxylic acids is 1. The Labute approximate surface area is 140 Å². The molecule has 2 N–H and O–H groups in total. The highest BCUT2D eigenvalue weighted by Gasteiger charge is 2.04. The third-order valence-electron chi connectivity index (χ3n) is 3.37. The van der Waals surface area contributed by atoms with Crippen LogP contribution in [-0.2, 0) is 6.54 Å². The van der Waals surface area contributed by atoms with E-state index in [9.17, 15) is 4.79 Å². The molecule has 0 fully saturated rings. The molecule has 0 aliphatic carbocycles. The first-order chi connectivity index (χ1) is 11.7. The van der Waals surface area contributed by atoms with E-state index < -0.39 is 0 Å². The fraction of sp³-hybridized carbons (Fsp3) is 0.105. The van der Waals surface area contributed by atoms with Gasteiger partial charge in [0.05, 0.1) is 12.8 Å². The van der Waals surface area contributed by atoms with Crippen molar-refractivity contribution < 1.29 is 13.9 Å². The van der Waals surface area contributed by atoms with E-state index in [1.807, 2.05) is 43.3 Å². The van der Waals surface area contributed by atoms with Gasteiger partial charge in [-0.05, 0) is 55.5 Å². The SMILES string of the molecule is Cc1ccc(Oc2ccc(NC(=O)NCc3ccco3)cc2)cc1. The van der Waals surface area contributed by atoms with E-state index in [1.54, 1.807) is 30.5 Å². The highest BCUT2D eigenvalue weighted by Crippen LogP contribution is 2.23. The Hall–Kier alpha value is -3.21. The third-order valence-corrected chi connectivity index (χ3v) is 3.37. The van der Waals surface area contributed by atoms with Crippen molar-refractivity contribution in [1.82, 2.24) is 5.32 Å². The second-order valence-electron chi connectivity index (χ2n) is 5.33. The van der Waals surface area contributed by atoms with Gasteiger partial charge >= 0.3 is 6.03 Å². The Balaban J connectivity index is 1.52. The molecular weight excluding hydrogens is 304 g/mol. The minimum absolute atomic E-state index is 0.293. The summed E-state index contributed by atoms with van der Waals surface area (Å²) in [5.74, 6) is 2.19. The molecule has 0 aliphatic heterocycles. The number of furan rings is 1. The van der Waals surface area contributed by atoms with Gasteiger partial charge in [0.1, 0.15) is 17.3 Å². The smallest absolute Gasteiger partial charge is 0.319 e. The lowest BCUT2D eigenvalue weighted by Gasteiger charge is -2.09. The van der Waals surface area contributed by atoms with E-state index in [2.05, 4.69) is 10.6 Å². The van der Waals surface area contributed by atoms with Crippen LogP contribution in [0.3, 0.4) is 0 Å². The summed E-state index contributed by atoms with van der Waals surface area (Å²) in [6, 6.07) is 18.3. The van der Waals surface area contributed by atoms with E-state index >= 15 is 0 Å². The van der Waals surface area contributed by atoms with Crippen LogP contribution < -0.4 is 15.4 Å². The molecule has 2 aromatic carbocycles. The Morgan fingerprint density at radius 1 is 1.00 bits per heavy atom. The molecule has 3 aromatic rings. The van der Waals surface area contributed by atoms with E-state index in [0.29, 0.717) is 23.7 Å². The summed E-state index contributed by atoms with van der Waals surface area (Å²) < 4.78 is 10.9. The Kier molecular flexibility index (Phi) is 4.81. The van der Waals surface area contributed by atoms with Crippen LogP contribution in [0.2, 0.25) is 0 Å². The average molecular weight is 322 g/mol. The zero-order valence-electron chi connectivity index (χ0n) is 13.3. The van der Waals surface area contributed by atoms with E-state index in [-0.39, 0.29) is 6.03 Å². The number of hydrogen-bond donors (Lipinski definition) is 2. The van der Waals surface area contributed by atoms with Crippen molar-refractivity contribution in [2.24, 2.45) is 0 Å². The summed E-state index contributed by atoms with van der Waals surface area (Å²) in [4.78, 5) is 11.8. The Morgan fingerprint density at radius 2 is 1.67 bits per heavy atom. The first-order valence-electron chi connectivity index (χ1n) is 7.61. The van der Waals surface area contributed by atoms with Crippen LogP contribution in [0.1, 0.15) is 11.3 Å². The van der Waals surface area contributed by atoms with Gasteiger partial charge < -0.3 is 19.8 Å².